The van der Waals surface area contributed by atoms with Crippen molar-refractivity contribution >= 4 is 17.1 Å². The third-order valence-corrected chi connectivity index (χ3v) is 3.28. The number of hydrogen-bond donors (Lipinski definition) is 0. The molecular formula is C10H10O2S. The Labute approximate surface area is 80.8 Å². The van der Waals surface area contributed by atoms with Gasteiger partial charge in [-0.05, 0) is 18.4 Å². The Morgan fingerprint density at radius 2 is 2.31 bits per heavy atom. The average molecular weight is 194 g/mol. The van der Waals surface area contributed by atoms with E-state index < -0.39 is 0 Å². The molecule has 0 saturated heterocycles. The van der Waals surface area contributed by atoms with Crippen LogP contribution in [0.3, 0.4) is 0 Å². The number of allylic oxidation sites excluding steroid dienone is 1. The van der Waals surface area contributed by atoms with E-state index in [1.807, 2.05) is 5.38 Å². The van der Waals surface area contributed by atoms with Gasteiger partial charge in [-0.15, -0.1) is 11.3 Å². The van der Waals surface area contributed by atoms with Crippen LogP contribution in [0.4, 0.5) is 0 Å². The fraction of sp³-hybridized carbons (Fsp3) is 0.300. The van der Waals surface area contributed by atoms with E-state index in [2.05, 4.69) is 6.58 Å². The molecule has 0 bridgehead atoms. The molecule has 2 rings (SSSR count). The Bertz CT molecular complexity index is 363. The van der Waals surface area contributed by atoms with E-state index in [0.717, 1.165) is 23.3 Å². The largest absolute Gasteiger partial charge is 0.495 e. The van der Waals surface area contributed by atoms with Crippen molar-refractivity contribution in [3.8, 4) is 5.75 Å². The van der Waals surface area contributed by atoms with Gasteiger partial charge in [-0.1, -0.05) is 6.58 Å². The van der Waals surface area contributed by atoms with E-state index in [0.29, 0.717) is 11.3 Å². The summed E-state index contributed by atoms with van der Waals surface area (Å²) < 4.78 is 5.12. The first-order chi connectivity index (χ1) is 6.24. The number of Topliss-reactive ketones (excluding diaryl/α,β-unsaturated/α-hetero) is 1. The molecular weight excluding hydrogens is 184 g/mol. The van der Waals surface area contributed by atoms with Crippen molar-refractivity contribution in [1.82, 2.24) is 0 Å². The van der Waals surface area contributed by atoms with Crippen LogP contribution >= 0.6 is 11.3 Å². The summed E-state index contributed by atoms with van der Waals surface area (Å²) in [7, 11) is 1.59. The summed E-state index contributed by atoms with van der Waals surface area (Å²) in [5, 5.41) is 1.89. The average Bonchev–Trinajstić information content (AvgIpc) is 2.55. The molecule has 0 N–H and O–H groups in total. The lowest BCUT2D eigenvalue weighted by Crippen LogP contribution is -2.11. The number of rotatable bonds is 1. The van der Waals surface area contributed by atoms with E-state index in [4.69, 9.17) is 4.74 Å². The maximum absolute atomic E-state index is 11.7. The highest BCUT2D eigenvalue weighted by atomic mass is 32.1. The molecule has 3 heteroatoms. The van der Waals surface area contributed by atoms with Crippen molar-refractivity contribution in [1.29, 1.82) is 0 Å². The third kappa shape index (κ3) is 1.20. The van der Waals surface area contributed by atoms with Gasteiger partial charge in [0.1, 0.15) is 5.75 Å². The Morgan fingerprint density at radius 1 is 1.54 bits per heavy atom. The quantitative estimate of drug-likeness (QED) is 0.642. The van der Waals surface area contributed by atoms with Gasteiger partial charge in [0, 0.05) is 10.3 Å². The number of carbonyl (C=O) groups excluding carboxylic acids is 1. The minimum atomic E-state index is 0.0550. The van der Waals surface area contributed by atoms with Gasteiger partial charge in [0.25, 0.3) is 0 Å². The van der Waals surface area contributed by atoms with Crippen LogP contribution in [0.2, 0.25) is 0 Å². The monoisotopic (exact) mass is 194 g/mol. The smallest absolute Gasteiger partial charge is 0.193 e. The van der Waals surface area contributed by atoms with E-state index in [1.54, 1.807) is 18.4 Å². The van der Waals surface area contributed by atoms with E-state index in [-0.39, 0.29) is 5.78 Å². The minimum absolute atomic E-state index is 0.0550. The van der Waals surface area contributed by atoms with Gasteiger partial charge in [0.2, 0.25) is 0 Å². The Morgan fingerprint density at radius 3 is 3.00 bits per heavy atom. The van der Waals surface area contributed by atoms with Crippen molar-refractivity contribution < 1.29 is 9.53 Å². The van der Waals surface area contributed by atoms with Crippen LogP contribution in [0.15, 0.2) is 17.5 Å². The highest BCUT2D eigenvalue weighted by Crippen LogP contribution is 2.36. The van der Waals surface area contributed by atoms with Gasteiger partial charge in [-0.3, -0.25) is 4.79 Å². The molecule has 0 aliphatic heterocycles. The van der Waals surface area contributed by atoms with Crippen molar-refractivity contribution in [3.05, 3.63) is 28.0 Å². The standard InChI is InChI=1S/C10H10O2S/c1-6-3-4-8-9(10(6)11)7(12-2)5-13-8/h5H,1,3-4H2,2H3. The summed E-state index contributed by atoms with van der Waals surface area (Å²) in [5.74, 6) is 0.755. The molecule has 1 aromatic rings. The molecule has 0 amide bonds. The molecule has 0 saturated carbocycles. The van der Waals surface area contributed by atoms with Crippen LogP contribution in [-0.4, -0.2) is 12.9 Å². The molecule has 0 radical (unpaired) electrons. The maximum Gasteiger partial charge on any atom is 0.193 e. The number of ether oxygens (including phenoxy) is 1. The highest BCUT2D eigenvalue weighted by molar-refractivity contribution is 7.10. The molecule has 0 fully saturated rings. The van der Waals surface area contributed by atoms with Crippen LogP contribution in [0.1, 0.15) is 21.7 Å². The van der Waals surface area contributed by atoms with Gasteiger partial charge in [-0.25, -0.2) is 0 Å². The van der Waals surface area contributed by atoms with Gasteiger partial charge in [0.05, 0.1) is 12.7 Å². The van der Waals surface area contributed by atoms with Gasteiger partial charge in [-0.2, -0.15) is 0 Å². The Kier molecular flexibility index (Phi) is 1.96. The second-order valence-corrected chi connectivity index (χ2v) is 4.00. The zero-order valence-electron chi connectivity index (χ0n) is 7.42. The predicted molar refractivity (Wildman–Crippen MR) is 52.7 cm³/mol. The van der Waals surface area contributed by atoms with E-state index in [9.17, 15) is 4.79 Å². The first-order valence-corrected chi connectivity index (χ1v) is 4.99. The van der Waals surface area contributed by atoms with E-state index >= 15 is 0 Å². The SMILES string of the molecule is C=C1CCc2scc(OC)c2C1=O. The van der Waals surface area contributed by atoms with Crippen LogP contribution < -0.4 is 4.74 Å². The molecule has 0 unspecified atom stereocenters. The van der Waals surface area contributed by atoms with Crippen LogP contribution in [0.25, 0.3) is 0 Å². The molecule has 1 heterocycles. The zero-order valence-corrected chi connectivity index (χ0v) is 8.24. The molecule has 0 spiro atoms. The molecule has 13 heavy (non-hydrogen) atoms. The van der Waals surface area contributed by atoms with Gasteiger partial charge < -0.3 is 4.74 Å². The van der Waals surface area contributed by atoms with Crippen LogP contribution in [0.5, 0.6) is 5.75 Å². The zero-order chi connectivity index (χ0) is 9.42. The molecule has 68 valence electrons. The Balaban J connectivity index is 2.55. The number of methoxy groups -OCH3 is 1. The molecule has 0 atom stereocenters. The first kappa shape index (κ1) is 8.51. The highest BCUT2D eigenvalue weighted by Gasteiger charge is 2.25. The lowest BCUT2D eigenvalue weighted by molar-refractivity contribution is 0.102. The van der Waals surface area contributed by atoms with Crippen molar-refractivity contribution in [3.63, 3.8) is 0 Å². The first-order valence-electron chi connectivity index (χ1n) is 4.11. The molecule has 1 aliphatic carbocycles. The second kappa shape index (κ2) is 3.00. The van der Waals surface area contributed by atoms with Crippen LogP contribution in [0, 0.1) is 0 Å². The van der Waals surface area contributed by atoms with Gasteiger partial charge >= 0.3 is 0 Å². The summed E-state index contributed by atoms with van der Waals surface area (Å²) in [6.45, 7) is 3.75. The lowest BCUT2D eigenvalue weighted by Gasteiger charge is -2.12. The fourth-order valence-corrected chi connectivity index (χ4v) is 2.50. The maximum atomic E-state index is 11.7. The summed E-state index contributed by atoms with van der Waals surface area (Å²) in [6.07, 6.45) is 1.71. The van der Waals surface area contributed by atoms with Crippen LogP contribution in [-0.2, 0) is 6.42 Å². The normalized spacial score (nSPS) is 15.8. The second-order valence-electron chi connectivity index (χ2n) is 3.03. The topological polar surface area (TPSA) is 26.3 Å². The number of hydrogen-bond acceptors (Lipinski definition) is 3. The number of carbonyl (C=O) groups is 1. The molecule has 1 aromatic heterocycles. The predicted octanol–water partition coefficient (Wildman–Crippen LogP) is 2.44. The number of thiophene rings is 1. The summed E-state index contributed by atoms with van der Waals surface area (Å²) in [6, 6.07) is 0. The van der Waals surface area contributed by atoms with Crippen molar-refractivity contribution in [2.24, 2.45) is 0 Å². The minimum Gasteiger partial charge on any atom is -0.495 e. The molecule has 0 aromatic carbocycles. The van der Waals surface area contributed by atoms with Crippen molar-refractivity contribution in [2.45, 2.75) is 12.8 Å². The Hall–Kier alpha value is -1.09. The van der Waals surface area contributed by atoms with Crippen molar-refractivity contribution in [2.75, 3.05) is 7.11 Å². The lowest BCUT2D eigenvalue weighted by atomic mass is 9.93. The summed E-state index contributed by atoms with van der Waals surface area (Å²) in [4.78, 5) is 12.8. The summed E-state index contributed by atoms with van der Waals surface area (Å²) in [5.41, 5.74) is 1.44. The fourth-order valence-electron chi connectivity index (χ4n) is 1.51. The van der Waals surface area contributed by atoms with E-state index in [1.165, 1.54) is 0 Å². The molecule has 1 aliphatic rings. The number of aryl methyl sites for hydroxylation is 1. The summed E-state index contributed by atoms with van der Waals surface area (Å²) >= 11 is 1.60. The van der Waals surface area contributed by atoms with Gasteiger partial charge in [0.15, 0.2) is 5.78 Å². The molecule has 2 nitrogen and oxygen atoms in total. The third-order valence-electron chi connectivity index (χ3n) is 2.26. The number of fused-ring (bicyclic) bond motifs is 1. The number of ketones is 1.